The Kier molecular flexibility index (Phi) is 5.65. The van der Waals surface area contributed by atoms with Crippen molar-refractivity contribution in [1.82, 2.24) is 4.57 Å². The molecule has 0 unspecified atom stereocenters. The van der Waals surface area contributed by atoms with Crippen molar-refractivity contribution in [3.8, 4) is 5.69 Å². The molecular formula is C42H26N2S2. The monoisotopic (exact) mass is 622 g/mol. The quantitative estimate of drug-likeness (QED) is 0.190. The zero-order valence-corrected chi connectivity index (χ0v) is 26.4. The number of benzene rings is 7. The van der Waals surface area contributed by atoms with Gasteiger partial charge in [-0.3, -0.25) is 0 Å². The Balaban J connectivity index is 1.26. The Labute approximate surface area is 273 Å². The second-order valence-electron chi connectivity index (χ2n) is 11.8. The Hall–Kier alpha value is -5.42. The maximum Gasteiger partial charge on any atom is 0.0640 e. The van der Waals surface area contributed by atoms with E-state index in [9.17, 15) is 0 Å². The normalized spacial score (nSPS) is 11.9. The average Bonchev–Trinajstić information content (AvgIpc) is 3.78. The van der Waals surface area contributed by atoms with Gasteiger partial charge < -0.3 is 9.47 Å². The van der Waals surface area contributed by atoms with Crippen molar-refractivity contribution < 1.29 is 0 Å². The van der Waals surface area contributed by atoms with Crippen molar-refractivity contribution in [2.45, 2.75) is 0 Å². The maximum absolute atomic E-state index is 2.47. The molecule has 0 atom stereocenters. The molecule has 10 aromatic rings. The molecule has 0 aliphatic heterocycles. The first kappa shape index (κ1) is 25.9. The van der Waals surface area contributed by atoms with E-state index >= 15 is 0 Å². The largest absolute Gasteiger partial charge is 0.309 e. The van der Waals surface area contributed by atoms with E-state index in [1.54, 1.807) is 0 Å². The molecule has 0 saturated heterocycles. The van der Waals surface area contributed by atoms with Crippen molar-refractivity contribution in [3.05, 3.63) is 158 Å². The summed E-state index contributed by atoms with van der Waals surface area (Å²) >= 11 is 3.75. The molecule has 3 aromatic heterocycles. The lowest BCUT2D eigenvalue weighted by Gasteiger charge is -2.26. The van der Waals surface area contributed by atoms with E-state index < -0.39 is 0 Å². The van der Waals surface area contributed by atoms with Gasteiger partial charge in [0.05, 0.1) is 21.4 Å². The van der Waals surface area contributed by atoms with Crippen molar-refractivity contribution in [2.75, 3.05) is 4.90 Å². The van der Waals surface area contributed by atoms with Gasteiger partial charge in [0.25, 0.3) is 0 Å². The Morgan fingerprint density at radius 2 is 1.00 bits per heavy atom. The minimum atomic E-state index is 1.15. The molecule has 0 spiro atoms. The molecule has 0 amide bonds. The van der Waals surface area contributed by atoms with E-state index in [0.717, 1.165) is 11.4 Å². The topological polar surface area (TPSA) is 8.17 Å². The third kappa shape index (κ3) is 3.81. The SMILES string of the molecule is c1ccc(-n2c3ccccc3c3cc(N(c4ccc5c(c4)sc4ccccc45)c4cccc5c4sc4ccccc45)ccc32)cc1. The predicted molar refractivity (Wildman–Crippen MR) is 201 cm³/mol. The summed E-state index contributed by atoms with van der Waals surface area (Å²) in [4.78, 5) is 2.47. The number of thiophene rings is 2. The van der Waals surface area contributed by atoms with Crippen LogP contribution in [0.15, 0.2) is 158 Å². The molecule has 10 rings (SSSR count). The van der Waals surface area contributed by atoms with Crippen LogP contribution >= 0.6 is 22.7 Å². The molecule has 2 nitrogen and oxygen atoms in total. The predicted octanol–water partition coefficient (Wildman–Crippen LogP) is 13.0. The average molecular weight is 623 g/mol. The van der Waals surface area contributed by atoms with Gasteiger partial charge >= 0.3 is 0 Å². The van der Waals surface area contributed by atoms with Crippen molar-refractivity contribution in [1.29, 1.82) is 0 Å². The van der Waals surface area contributed by atoms with Crippen LogP contribution in [0.5, 0.6) is 0 Å². The van der Waals surface area contributed by atoms with Crippen LogP contribution in [0.4, 0.5) is 17.1 Å². The Morgan fingerprint density at radius 1 is 0.391 bits per heavy atom. The number of aromatic nitrogens is 1. The highest BCUT2D eigenvalue weighted by molar-refractivity contribution is 7.26. The first-order valence-corrected chi connectivity index (χ1v) is 17.2. The summed E-state index contributed by atoms with van der Waals surface area (Å²) in [5.74, 6) is 0. The summed E-state index contributed by atoms with van der Waals surface area (Å²) in [5, 5.41) is 7.74. The number of nitrogens with zero attached hydrogens (tertiary/aromatic N) is 2. The second kappa shape index (κ2) is 10.0. The van der Waals surface area contributed by atoms with Crippen LogP contribution in [0, 0.1) is 0 Å². The van der Waals surface area contributed by atoms with Gasteiger partial charge in [-0.1, -0.05) is 91.0 Å². The summed E-state index contributed by atoms with van der Waals surface area (Å²) in [6.07, 6.45) is 0. The van der Waals surface area contributed by atoms with Gasteiger partial charge in [-0.05, 0) is 66.7 Å². The minimum Gasteiger partial charge on any atom is -0.309 e. The summed E-state index contributed by atoms with van der Waals surface area (Å²) in [7, 11) is 0. The number of hydrogen-bond acceptors (Lipinski definition) is 3. The zero-order chi connectivity index (χ0) is 30.2. The molecule has 216 valence electrons. The van der Waals surface area contributed by atoms with Crippen LogP contribution in [-0.4, -0.2) is 4.57 Å². The Morgan fingerprint density at radius 3 is 1.85 bits per heavy atom. The fourth-order valence-electron chi connectivity index (χ4n) is 7.14. The molecule has 46 heavy (non-hydrogen) atoms. The van der Waals surface area contributed by atoms with Crippen LogP contribution in [0.3, 0.4) is 0 Å². The molecule has 0 bridgehead atoms. The van der Waals surface area contributed by atoms with Gasteiger partial charge in [0.1, 0.15) is 0 Å². The summed E-state index contributed by atoms with van der Waals surface area (Å²) < 4.78 is 7.62. The smallest absolute Gasteiger partial charge is 0.0640 e. The number of para-hydroxylation sites is 2. The standard InChI is InChI=1S/C42H26N2S2/c1-2-11-27(12-3-1)44-36-17-7-4-13-30(36)35-25-28(22-24-37(35)44)43(29-21-23-33-31-14-5-8-19-39(31)45-41(33)26-29)38-18-10-16-34-32-15-6-9-20-40(32)46-42(34)38/h1-26H. The second-order valence-corrected chi connectivity index (χ2v) is 13.9. The third-order valence-electron chi connectivity index (χ3n) is 9.17. The molecule has 0 radical (unpaired) electrons. The molecule has 0 aliphatic rings. The van der Waals surface area contributed by atoms with Crippen LogP contribution in [0.25, 0.3) is 67.8 Å². The van der Waals surface area contributed by atoms with Gasteiger partial charge in [-0.15, -0.1) is 22.7 Å². The van der Waals surface area contributed by atoms with Crippen LogP contribution < -0.4 is 4.90 Å². The summed E-state index contributed by atoms with van der Waals surface area (Å²) in [5.41, 5.74) is 7.10. The van der Waals surface area contributed by atoms with E-state index in [0.29, 0.717) is 0 Å². The summed E-state index contributed by atoms with van der Waals surface area (Å²) in [6.45, 7) is 0. The molecule has 0 N–H and O–H groups in total. The van der Waals surface area contributed by atoms with Crippen LogP contribution in [0.2, 0.25) is 0 Å². The number of rotatable bonds is 4. The molecule has 4 heteroatoms. The molecular weight excluding hydrogens is 597 g/mol. The lowest BCUT2D eigenvalue weighted by molar-refractivity contribution is 1.18. The number of fused-ring (bicyclic) bond motifs is 9. The van der Waals surface area contributed by atoms with Gasteiger partial charge in [-0.25, -0.2) is 0 Å². The highest BCUT2D eigenvalue weighted by atomic mass is 32.1. The molecule has 0 aliphatic carbocycles. The number of hydrogen-bond donors (Lipinski definition) is 0. The van der Waals surface area contributed by atoms with Crippen molar-refractivity contribution >= 4 is 102 Å². The van der Waals surface area contributed by atoms with Crippen molar-refractivity contribution in [3.63, 3.8) is 0 Å². The third-order valence-corrected chi connectivity index (χ3v) is 11.5. The maximum atomic E-state index is 2.47. The molecule has 0 saturated carbocycles. The van der Waals surface area contributed by atoms with Gasteiger partial charge in [-0.2, -0.15) is 0 Å². The summed E-state index contributed by atoms with van der Waals surface area (Å²) in [6, 6.07) is 57.7. The lowest BCUT2D eigenvalue weighted by atomic mass is 10.1. The zero-order valence-electron chi connectivity index (χ0n) is 24.7. The molecule has 0 fully saturated rings. The highest BCUT2D eigenvalue weighted by Gasteiger charge is 2.21. The first-order valence-electron chi connectivity index (χ1n) is 15.5. The van der Waals surface area contributed by atoms with E-state index in [2.05, 4.69) is 167 Å². The van der Waals surface area contributed by atoms with Crippen LogP contribution in [0.1, 0.15) is 0 Å². The van der Waals surface area contributed by atoms with E-state index in [4.69, 9.17) is 0 Å². The fraction of sp³-hybridized carbons (Fsp3) is 0. The van der Waals surface area contributed by atoms with Gasteiger partial charge in [0.2, 0.25) is 0 Å². The Bertz CT molecular complexity index is 2770. The first-order chi connectivity index (χ1) is 22.8. The van der Waals surface area contributed by atoms with Crippen molar-refractivity contribution in [2.24, 2.45) is 0 Å². The van der Waals surface area contributed by atoms with Gasteiger partial charge in [0.15, 0.2) is 0 Å². The fourth-order valence-corrected chi connectivity index (χ4v) is 9.49. The molecule has 3 heterocycles. The van der Waals surface area contributed by atoms with E-state index in [1.165, 1.54) is 73.5 Å². The highest BCUT2D eigenvalue weighted by Crippen LogP contribution is 2.47. The van der Waals surface area contributed by atoms with Gasteiger partial charge in [0, 0.05) is 63.5 Å². The molecule has 7 aromatic carbocycles. The van der Waals surface area contributed by atoms with E-state index in [1.807, 2.05) is 22.7 Å². The number of anilines is 3. The lowest BCUT2D eigenvalue weighted by Crippen LogP contribution is -2.10. The van der Waals surface area contributed by atoms with Crippen LogP contribution in [-0.2, 0) is 0 Å². The van der Waals surface area contributed by atoms with E-state index in [-0.39, 0.29) is 0 Å². The minimum absolute atomic E-state index is 1.15.